The molecule has 0 atom stereocenters. The van der Waals surface area contributed by atoms with Gasteiger partial charge >= 0.3 is 0 Å². The maximum Gasteiger partial charge on any atom is 0.227 e. The molecule has 3 heteroatoms. The van der Waals surface area contributed by atoms with Crippen molar-refractivity contribution in [2.45, 2.75) is 38.6 Å². The van der Waals surface area contributed by atoms with Crippen molar-refractivity contribution in [3.63, 3.8) is 0 Å². The molecule has 0 saturated heterocycles. The van der Waals surface area contributed by atoms with Crippen LogP contribution in [-0.4, -0.2) is 17.2 Å². The van der Waals surface area contributed by atoms with E-state index in [0.717, 1.165) is 12.8 Å². The van der Waals surface area contributed by atoms with E-state index < -0.39 is 0 Å². The summed E-state index contributed by atoms with van der Waals surface area (Å²) >= 11 is 0. The molecule has 0 aromatic carbocycles. The summed E-state index contributed by atoms with van der Waals surface area (Å²) < 4.78 is 0. The van der Waals surface area contributed by atoms with Crippen LogP contribution in [0.15, 0.2) is 0 Å². The summed E-state index contributed by atoms with van der Waals surface area (Å²) in [5, 5.41) is 2.80. The monoisotopic (exact) mass is 155 g/mol. The number of hydrogen-bond donors (Lipinski definition) is 1. The number of Topliss-reactive ketones (excluding diaryl/α,β-unsaturated/α-hetero) is 1. The molecule has 1 saturated carbocycles. The molecule has 1 aliphatic rings. The van der Waals surface area contributed by atoms with Gasteiger partial charge in [0.1, 0.15) is 5.78 Å². The molecule has 0 unspecified atom stereocenters. The van der Waals surface area contributed by atoms with Crippen molar-refractivity contribution in [1.82, 2.24) is 5.32 Å². The van der Waals surface area contributed by atoms with E-state index in [0.29, 0.717) is 0 Å². The van der Waals surface area contributed by atoms with Gasteiger partial charge in [-0.2, -0.15) is 0 Å². The lowest BCUT2D eigenvalue weighted by Gasteiger charge is -2.09. The highest BCUT2D eigenvalue weighted by Crippen LogP contribution is 2.34. The first kappa shape index (κ1) is 8.24. The van der Waals surface area contributed by atoms with Crippen molar-refractivity contribution in [2.75, 3.05) is 0 Å². The van der Waals surface area contributed by atoms with E-state index in [-0.39, 0.29) is 23.7 Å². The average molecular weight is 155 g/mol. The molecule has 3 nitrogen and oxygen atoms in total. The van der Waals surface area contributed by atoms with Crippen LogP contribution in [0.1, 0.15) is 33.1 Å². The quantitative estimate of drug-likeness (QED) is 0.608. The van der Waals surface area contributed by atoms with Crippen molar-refractivity contribution in [3.8, 4) is 0 Å². The minimum absolute atomic E-state index is 0.00648. The van der Waals surface area contributed by atoms with Gasteiger partial charge in [-0.1, -0.05) is 0 Å². The number of amides is 1. The fraction of sp³-hybridized carbons (Fsp3) is 0.750. The van der Waals surface area contributed by atoms with Crippen molar-refractivity contribution in [2.24, 2.45) is 0 Å². The fourth-order valence-corrected chi connectivity index (χ4v) is 0.919. The molecule has 0 aromatic rings. The summed E-state index contributed by atoms with van der Waals surface area (Å²) in [5.74, 6) is -0.218. The van der Waals surface area contributed by atoms with Crippen LogP contribution in [-0.2, 0) is 9.59 Å². The Hall–Kier alpha value is -0.860. The zero-order chi connectivity index (χ0) is 8.48. The zero-order valence-electron chi connectivity index (χ0n) is 6.94. The van der Waals surface area contributed by atoms with Crippen LogP contribution in [0.4, 0.5) is 0 Å². The third-order valence-electron chi connectivity index (χ3n) is 1.85. The minimum Gasteiger partial charge on any atom is -0.351 e. The number of ketones is 1. The van der Waals surface area contributed by atoms with E-state index in [1.165, 1.54) is 6.92 Å². The second-order valence-electron chi connectivity index (χ2n) is 3.49. The molecule has 0 aromatic heterocycles. The van der Waals surface area contributed by atoms with Crippen molar-refractivity contribution < 1.29 is 9.59 Å². The average Bonchev–Trinajstić information content (AvgIpc) is 2.44. The smallest absolute Gasteiger partial charge is 0.227 e. The van der Waals surface area contributed by atoms with Gasteiger partial charge in [-0.15, -0.1) is 0 Å². The van der Waals surface area contributed by atoms with E-state index in [4.69, 9.17) is 0 Å². The Morgan fingerprint density at radius 3 is 2.36 bits per heavy atom. The predicted octanol–water partition coefficient (Wildman–Crippen LogP) is 0.634. The summed E-state index contributed by atoms with van der Waals surface area (Å²) in [5.41, 5.74) is 0.00648. The van der Waals surface area contributed by atoms with Gasteiger partial charge in [0.2, 0.25) is 5.91 Å². The molecule has 62 valence electrons. The maximum absolute atomic E-state index is 11.0. The molecule has 1 fully saturated rings. The summed E-state index contributed by atoms with van der Waals surface area (Å²) in [6.07, 6.45) is 2.10. The highest BCUT2D eigenvalue weighted by Gasteiger charge is 2.38. The van der Waals surface area contributed by atoms with Crippen LogP contribution >= 0.6 is 0 Å². The lowest BCUT2D eigenvalue weighted by atomic mass is 10.2. The summed E-state index contributed by atoms with van der Waals surface area (Å²) in [4.78, 5) is 21.5. The van der Waals surface area contributed by atoms with E-state index in [9.17, 15) is 9.59 Å². The summed E-state index contributed by atoms with van der Waals surface area (Å²) in [7, 11) is 0. The largest absolute Gasteiger partial charge is 0.351 e. The van der Waals surface area contributed by atoms with Gasteiger partial charge < -0.3 is 5.32 Å². The highest BCUT2D eigenvalue weighted by atomic mass is 16.2. The Morgan fingerprint density at radius 1 is 1.45 bits per heavy atom. The van der Waals surface area contributed by atoms with Crippen LogP contribution in [0.5, 0.6) is 0 Å². The van der Waals surface area contributed by atoms with Gasteiger partial charge in [-0.05, 0) is 26.7 Å². The van der Waals surface area contributed by atoms with Gasteiger partial charge in [0, 0.05) is 5.54 Å². The van der Waals surface area contributed by atoms with Crippen LogP contribution in [0, 0.1) is 0 Å². The summed E-state index contributed by atoms with van der Waals surface area (Å²) in [6.45, 7) is 3.42. The Balaban J connectivity index is 2.26. The zero-order valence-corrected chi connectivity index (χ0v) is 6.94. The lowest BCUT2D eigenvalue weighted by Crippen LogP contribution is -2.34. The van der Waals surface area contributed by atoms with E-state index >= 15 is 0 Å². The van der Waals surface area contributed by atoms with Gasteiger partial charge in [0.25, 0.3) is 0 Å². The third kappa shape index (κ3) is 2.70. The van der Waals surface area contributed by atoms with Gasteiger partial charge in [0.15, 0.2) is 0 Å². The normalized spacial score (nSPS) is 19.1. The molecule has 0 spiro atoms. The maximum atomic E-state index is 11.0. The number of hydrogen-bond acceptors (Lipinski definition) is 2. The van der Waals surface area contributed by atoms with Crippen LogP contribution in [0.25, 0.3) is 0 Å². The van der Waals surface area contributed by atoms with E-state index in [1.807, 2.05) is 6.92 Å². The molecule has 11 heavy (non-hydrogen) atoms. The molecule has 0 heterocycles. The second-order valence-corrected chi connectivity index (χ2v) is 3.49. The molecule has 0 aliphatic heterocycles. The van der Waals surface area contributed by atoms with Crippen LogP contribution in [0.3, 0.4) is 0 Å². The Kier molecular flexibility index (Phi) is 1.98. The van der Waals surface area contributed by atoms with Gasteiger partial charge in [0.05, 0.1) is 6.42 Å². The Morgan fingerprint density at radius 2 is 2.00 bits per heavy atom. The number of carbonyl (C=O) groups excluding carboxylic acids is 2. The lowest BCUT2D eigenvalue weighted by molar-refractivity contribution is -0.127. The van der Waals surface area contributed by atoms with Crippen molar-refractivity contribution in [3.05, 3.63) is 0 Å². The van der Waals surface area contributed by atoms with Crippen LogP contribution < -0.4 is 5.32 Å². The molecule has 0 bridgehead atoms. The molecule has 1 N–H and O–H groups in total. The number of nitrogens with one attached hydrogen (secondary N) is 1. The van der Waals surface area contributed by atoms with Crippen molar-refractivity contribution in [1.29, 1.82) is 0 Å². The molecule has 1 rings (SSSR count). The molecule has 1 aliphatic carbocycles. The SMILES string of the molecule is CC(=O)CC(=O)NC1(C)CC1. The first-order valence-electron chi connectivity index (χ1n) is 3.82. The predicted molar refractivity (Wildman–Crippen MR) is 41.1 cm³/mol. The standard InChI is InChI=1S/C8H13NO2/c1-6(10)5-7(11)9-8(2)3-4-8/h3-5H2,1-2H3,(H,9,11). The second kappa shape index (κ2) is 2.64. The molecule has 1 amide bonds. The first-order valence-corrected chi connectivity index (χ1v) is 3.82. The fourth-order valence-electron chi connectivity index (χ4n) is 0.919. The number of carbonyl (C=O) groups is 2. The van der Waals surface area contributed by atoms with Crippen molar-refractivity contribution >= 4 is 11.7 Å². The van der Waals surface area contributed by atoms with E-state index in [2.05, 4.69) is 5.32 Å². The Bertz CT molecular complexity index is 194. The number of rotatable bonds is 3. The molecular formula is C8H13NO2. The van der Waals surface area contributed by atoms with Gasteiger partial charge in [-0.3, -0.25) is 9.59 Å². The van der Waals surface area contributed by atoms with Gasteiger partial charge in [-0.25, -0.2) is 0 Å². The third-order valence-corrected chi connectivity index (χ3v) is 1.85. The minimum atomic E-state index is -0.141. The van der Waals surface area contributed by atoms with Crippen LogP contribution in [0.2, 0.25) is 0 Å². The summed E-state index contributed by atoms with van der Waals surface area (Å²) in [6, 6.07) is 0. The Labute approximate surface area is 66.2 Å². The first-order chi connectivity index (χ1) is 5.02. The topological polar surface area (TPSA) is 46.2 Å². The van der Waals surface area contributed by atoms with E-state index in [1.54, 1.807) is 0 Å². The highest BCUT2D eigenvalue weighted by molar-refractivity contribution is 5.97. The molecule has 0 radical (unpaired) electrons. The molecular weight excluding hydrogens is 142 g/mol.